The number of morpholine rings is 1. The molecule has 2 atom stereocenters. The van der Waals surface area contributed by atoms with E-state index in [-0.39, 0.29) is 0 Å². The third kappa shape index (κ3) is 4.26. The van der Waals surface area contributed by atoms with Gasteiger partial charge in [-0.2, -0.15) is 13.2 Å². The molecule has 1 amide bonds. The molecule has 9 heteroatoms. The number of carbonyl (C=O) groups is 2. The number of carboxylic acids is 1. The number of carboxylic acid groups (broad SMARTS) is 1. The molecule has 0 aromatic rings. The van der Waals surface area contributed by atoms with E-state index in [0.717, 1.165) is 0 Å². The number of nitrogens with zero attached hydrogens (tertiary/aromatic N) is 1. The second kappa shape index (κ2) is 5.47. The number of aliphatic carboxylic acids is 1. The van der Waals surface area contributed by atoms with Crippen molar-refractivity contribution < 1.29 is 37.3 Å². The summed E-state index contributed by atoms with van der Waals surface area (Å²) in [5, 5.41) is 8.93. The summed E-state index contributed by atoms with van der Waals surface area (Å²) in [5.41, 5.74) is -0.938. The van der Waals surface area contributed by atoms with Gasteiger partial charge in [0, 0.05) is 0 Å². The summed E-state index contributed by atoms with van der Waals surface area (Å²) < 4.78 is 47.2. The van der Waals surface area contributed by atoms with Gasteiger partial charge < -0.3 is 14.6 Å². The topological polar surface area (TPSA) is 76.1 Å². The van der Waals surface area contributed by atoms with Gasteiger partial charge >= 0.3 is 18.2 Å². The molecule has 1 saturated heterocycles. The van der Waals surface area contributed by atoms with E-state index in [1.165, 1.54) is 20.8 Å². The standard InChI is InChI=1S/C11H16F3NO5/c1-10(2,3)20-9(18)15-4-7(11(12,13)14)19-5-6(15)8(16)17/h6-7H,4-5H2,1-3H3,(H,16,17)/t6-,7+/m0/s1. The van der Waals surface area contributed by atoms with Crippen LogP contribution in [0.15, 0.2) is 0 Å². The van der Waals surface area contributed by atoms with Crippen molar-refractivity contribution in [3.63, 3.8) is 0 Å². The van der Waals surface area contributed by atoms with Gasteiger partial charge in [0.15, 0.2) is 12.1 Å². The lowest BCUT2D eigenvalue weighted by molar-refractivity contribution is -0.242. The van der Waals surface area contributed by atoms with E-state index in [9.17, 15) is 22.8 Å². The van der Waals surface area contributed by atoms with Gasteiger partial charge in [0.05, 0.1) is 13.2 Å². The van der Waals surface area contributed by atoms with Gasteiger partial charge in [-0.05, 0) is 20.8 Å². The van der Waals surface area contributed by atoms with Gasteiger partial charge in [-0.25, -0.2) is 9.59 Å². The summed E-state index contributed by atoms with van der Waals surface area (Å²) in [6, 6.07) is -1.50. The van der Waals surface area contributed by atoms with Crippen LogP contribution in [0.4, 0.5) is 18.0 Å². The number of amides is 1. The quantitative estimate of drug-likeness (QED) is 0.796. The summed E-state index contributed by atoms with van der Waals surface area (Å²) in [6.45, 7) is 2.95. The highest BCUT2D eigenvalue weighted by molar-refractivity contribution is 5.80. The van der Waals surface area contributed by atoms with Crippen LogP contribution >= 0.6 is 0 Å². The molecule has 1 rings (SSSR count). The van der Waals surface area contributed by atoms with E-state index in [2.05, 4.69) is 4.74 Å². The zero-order valence-electron chi connectivity index (χ0n) is 11.2. The fourth-order valence-electron chi connectivity index (χ4n) is 1.58. The zero-order valence-corrected chi connectivity index (χ0v) is 11.2. The fourth-order valence-corrected chi connectivity index (χ4v) is 1.58. The van der Waals surface area contributed by atoms with Crippen molar-refractivity contribution in [2.45, 2.75) is 44.7 Å². The van der Waals surface area contributed by atoms with Crippen LogP contribution in [-0.4, -0.2) is 59.1 Å². The average Bonchev–Trinajstić information content (AvgIpc) is 2.24. The maximum atomic E-state index is 12.6. The van der Waals surface area contributed by atoms with Crippen LogP contribution in [0.5, 0.6) is 0 Å². The Hall–Kier alpha value is -1.51. The summed E-state index contributed by atoms with van der Waals surface area (Å²) in [7, 11) is 0. The van der Waals surface area contributed by atoms with Crippen LogP contribution in [0.2, 0.25) is 0 Å². The minimum Gasteiger partial charge on any atom is -0.480 e. The predicted molar refractivity (Wildman–Crippen MR) is 60.2 cm³/mol. The maximum Gasteiger partial charge on any atom is 0.416 e. The van der Waals surface area contributed by atoms with E-state index in [1.807, 2.05) is 0 Å². The zero-order chi connectivity index (χ0) is 15.7. The fraction of sp³-hybridized carbons (Fsp3) is 0.818. The molecular formula is C11H16F3NO5. The minimum absolute atomic E-state index is 0.537. The van der Waals surface area contributed by atoms with Gasteiger partial charge in [-0.1, -0.05) is 0 Å². The minimum atomic E-state index is -4.68. The summed E-state index contributed by atoms with van der Waals surface area (Å²) in [5.74, 6) is -1.45. The Morgan fingerprint density at radius 2 is 1.85 bits per heavy atom. The van der Waals surface area contributed by atoms with Crippen LogP contribution in [0.1, 0.15) is 20.8 Å². The van der Waals surface area contributed by atoms with E-state index in [1.54, 1.807) is 0 Å². The molecule has 1 N–H and O–H groups in total. The number of hydrogen-bond donors (Lipinski definition) is 1. The Balaban J connectivity index is 2.89. The van der Waals surface area contributed by atoms with Crippen LogP contribution in [0, 0.1) is 0 Å². The molecule has 0 bridgehead atoms. The number of alkyl halides is 3. The molecule has 6 nitrogen and oxygen atoms in total. The van der Waals surface area contributed by atoms with E-state index < -0.39 is 49.1 Å². The van der Waals surface area contributed by atoms with Crippen LogP contribution in [0.3, 0.4) is 0 Å². The molecule has 0 radical (unpaired) electrons. The van der Waals surface area contributed by atoms with Crippen LogP contribution in [-0.2, 0) is 14.3 Å². The van der Waals surface area contributed by atoms with Crippen molar-refractivity contribution in [2.24, 2.45) is 0 Å². The van der Waals surface area contributed by atoms with E-state index in [0.29, 0.717) is 4.90 Å². The lowest BCUT2D eigenvalue weighted by Crippen LogP contribution is -2.59. The second-order valence-corrected chi connectivity index (χ2v) is 5.35. The first-order valence-electron chi connectivity index (χ1n) is 5.82. The number of hydrogen-bond acceptors (Lipinski definition) is 4. The third-order valence-corrected chi connectivity index (χ3v) is 2.47. The molecule has 0 aliphatic carbocycles. The molecule has 0 saturated carbocycles. The number of carbonyl (C=O) groups excluding carboxylic acids is 1. The van der Waals surface area contributed by atoms with Crippen molar-refractivity contribution in [1.29, 1.82) is 0 Å². The van der Waals surface area contributed by atoms with E-state index in [4.69, 9.17) is 9.84 Å². The van der Waals surface area contributed by atoms with Gasteiger partial charge in [0.2, 0.25) is 0 Å². The number of rotatable bonds is 1. The van der Waals surface area contributed by atoms with Gasteiger partial charge in [-0.3, -0.25) is 4.90 Å². The van der Waals surface area contributed by atoms with Crippen molar-refractivity contribution in [3.8, 4) is 0 Å². The number of ether oxygens (including phenoxy) is 2. The molecule has 1 aliphatic rings. The molecule has 0 aromatic heterocycles. The molecule has 1 aliphatic heterocycles. The summed E-state index contributed by atoms with van der Waals surface area (Å²) >= 11 is 0. The smallest absolute Gasteiger partial charge is 0.416 e. The lowest BCUT2D eigenvalue weighted by Gasteiger charge is -2.38. The molecule has 0 aromatic carbocycles. The molecule has 116 valence electrons. The summed E-state index contributed by atoms with van der Waals surface area (Å²) in [4.78, 5) is 23.3. The highest BCUT2D eigenvalue weighted by atomic mass is 19.4. The predicted octanol–water partition coefficient (Wildman–Crippen LogP) is 1.64. The highest BCUT2D eigenvalue weighted by Crippen LogP contribution is 2.28. The van der Waals surface area contributed by atoms with Crippen LogP contribution < -0.4 is 0 Å². The molecule has 1 heterocycles. The largest absolute Gasteiger partial charge is 0.480 e. The monoisotopic (exact) mass is 299 g/mol. The first kappa shape index (κ1) is 16.5. The Morgan fingerprint density at radius 3 is 2.25 bits per heavy atom. The molecular weight excluding hydrogens is 283 g/mol. The maximum absolute atomic E-state index is 12.6. The Labute approximate surface area is 113 Å². The molecule has 0 unspecified atom stereocenters. The van der Waals surface area contributed by atoms with Gasteiger partial charge in [-0.15, -0.1) is 0 Å². The Kier molecular flexibility index (Phi) is 4.52. The normalized spacial score (nSPS) is 24.4. The average molecular weight is 299 g/mol. The SMILES string of the molecule is CC(C)(C)OC(=O)N1C[C@H](C(F)(F)F)OC[C@H]1C(=O)O. The van der Waals surface area contributed by atoms with Crippen molar-refractivity contribution in [1.82, 2.24) is 4.90 Å². The van der Waals surface area contributed by atoms with Crippen LogP contribution in [0.25, 0.3) is 0 Å². The summed E-state index contributed by atoms with van der Waals surface area (Å²) in [6.07, 6.45) is -8.00. The lowest BCUT2D eigenvalue weighted by atomic mass is 10.1. The highest BCUT2D eigenvalue weighted by Gasteiger charge is 2.49. The first-order chi connectivity index (χ1) is 8.92. The third-order valence-electron chi connectivity index (χ3n) is 2.47. The number of halogens is 3. The van der Waals surface area contributed by atoms with Crippen molar-refractivity contribution in [2.75, 3.05) is 13.2 Å². The second-order valence-electron chi connectivity index (χ2n) is 5.35. The van der Waals surface area contributed by atoms with E-state index >= 15 is 0 Å². The molecule has 20 heavy (non-hydrogen) atoms. The first-order valence-corrected chi connectivity index (χ1v) is 5.82. The van der Waals surface area contributed by atoms with Gasteiger partial charge in [0.25, 0.3) is 0 Å². The van der Waals surface area contributed by atoms with Crippen molar-refractivity contribution in [3.05, 3.63) is 0 Å². The Morgan fingerprint density at radius 1 is 1.30 bits per heavy atom. The Bertz CT molecular complexity index is 391. The molecule has 0 spiro atoms. The van der Waals surface area contributed by atoms with Gasteiger partial charge in [0.1, 0.15) is 5.60 Å². The van der Waals surface area contributed by atoms with Crippen molar-refractivity contribution >= 4 is 12.1 Å². The molecule has 1 fully saturated rings.